The lowest BCUT2D eigenvalue weighted by Gasteiger charge is -2.21. The zero-order valence-corrected chi connectivity index (χ0v) is 54.2. The van der Waals surface area contributed by atoms with E-state index >= 15 is 0 Å². The number of aromatic amines is 3. The molecule has 0 aliphatic heterocycles. The average Bonchev–Trinajstić information content (AvgIpc) is 1.39. The first-order valence-corrected chi connectivity index (χ1v) is 33.8. The SMILES string of the molecule is CCOc1ccc(CCc2nc3ccc(-c4ccccc4C(C)(C)O)cc3[nH]2)cc1.CCOc1ccc(CCc2nc3ccc(-c4ccccc4NS(=O)(=O)C(F)(F)F)cc3[nH]2)cc1.CCOc1ccc(CCc2nc3ccc(-c4ccccc4S(N)(=O)=O)cc3[nH]2)cc1. The molecule has 7 N–H and O–H groups in total. The molecule has 9 aromatic carbocycles. The van der Waals surface area contributed by atoms with Crippen LogP contribution in [0.5, 0.6) is 17.2 Å². The summed E-state index contributed by atoms with van der Waals surface area (Å²) < 4.78 is 104. The molecule has 21 heteroatoms. The third kappa shape index (κ3) is 17.1. The Morgan fingerprint density at radius 2 is 0.809 bits per heavy atom. The first-order chi connectivity index (χ1) is 45.0. The van der Waals surface area contributed by atoms with E-state index < -0.39 is 31.2 Å². The molecule has 12 aromatic rings. The topological polar surface area (TPSA) is 240 Å². The Labute approximate surface area is 544 Å². The maximum Gasteiger partial charge on any atom is 0.516 e. The van der Waals surface area contributed by atoms with Crippen molar-refractivity contribution in [2.24, 2.45) is 5.14 Å². The summed E-state index contributed by atoms with van der Waals surface area (Å²) in [7, 11) is -9.35. The van der Waals surface area contributed by atoms with Gasteiger partial charge in [-0.1, -0.05) is 115 Å². The Hall–Kier alpha value is -9.80. The number of fused-ring (bicyclic) bond motifs is 3. The second kappa shape index (κ2) is 29.4. The molecule has 0 amide bonds. The molecule has 0 bridgehead atoms. The van der Waals surface area contributed by atoms with Crippen molar-refractivity contribution in [3.63, 3.8) is 0 Å². The largest absolute Gasteiger partial charge is 0.516 e. The van der Waals surface area contributed by atoms with Gasteiger partial charge in [0.1, 0.15) is 34.7 Å². The van der Waals surface area contributed by atoms with Crippen molar-refractivity contribution in [2.45, 2.75) is 89.1 Å². The molecule has 0 unspecified atom stereocenters. The predicted molar refractivity (Wildman–Crippen MR) is 365 cm³/mol. The van der Waals surface area contributed by atoms with Crippen LogP contribution in [0.2, 0.25) is 0 Å². The van der Waals surface area contributed by atoms with Crippen molar-refractivity contribution < 1.29 is 49.3 Å². The summed E-state index contributed by atoms with van der Waals surface area (Å²) in [5.41, 5.74) is 7.47. The number of aryl methyl sites for hydroxylation is 6. The summed E-state index contributed by atoms with van der Waals surface area (Å²) in [4.78, 5) is 24.2. The average molecular weight is 1310 g/mol. The lowest BCUT2D eigenvalue weighted by molar-refractivity contribution is -0.0429. The highest BCUT2D eigenvalue weighted by molar-refractivity contribution is 7.93. The molecule has 0 atom stereocenters. The van der Waals surface area contributed by atoms with Crippen LogP contribution < -0.4 is 24.1 Å². The van der Waals surface area contributed by atoms with Gasteiger partial charge in [-0.05, 0) is 183 Å². The molecule has 0 spiro atoms. The zero-order chi connectivity index (χ0) is 66.6. The van der Waals surface area contributed by atoms with E-state index in [9.17, 15) is 35.1 Å². The van der Waals surface area contributed by atoms with Crippen LogP contribution in [0.25, 0.3) is 66.5 Å². The molecule has 3 heterocycles. The van der Waals surface area contributed by atoms with Crippen molar-refractivity contribution in [1.82, 2.24) is 29.9 Å². The van der Waals surface area contributed by atoms with Gasteiger partial charge in [-0.3, -0.25) is 4.72 Å². The van der Waals surface area contributed by atoms with Crippen molar-refractivity contribution in [3.05, 3.63) is 240 Å². The van der Waals surface area contributed by atoms with Gasteiger partial charge in [0.2, 0.25) is 10.0 Å². The molecule has 0 fully saturated rings. The number of aliphatic hydroxyl groups is 1. The fourth-order valence-electron chi connectivity index (χ4n) is 10.8. The van der Waals surface area contributed by atoms with E-state index in [1.165, 1.54) is 29.3 Å². The molecule has 486 valence electrons. The highest BCUT2D eigenvalue weighted by atomic mass is 32.2. The van der Waals surface area contributed by atoms with Gasteiger partial charge in [0.05, 0.1) is 69.1 Å². The van der Waals surface area contributed by atoms with E-state index in [1.807, 2.05) is 126 Å². The van der Waals surface area contributed by atoms with E-state index in [-0.39, 0.29) is 10.6 Å². The van der Waals surface area contributed by atoms with Gasteiger partial charge in [0.25, 0.3) is 0 Å². The number of nitrogens with two attached hydrogens (primary N) is 1. The lowest BCUT2D eigenvalue weighted by atomic mass is 9.89. The standard InChI is InChI=1S/C26H28N2O2.C24H22F3N3O3S.C23H23N3O3S/c1-4-30-20-13-9-18(10-14-20)11-16-25-27-23-15-12-19(17-24(23)28-25)21-7-5-6-8-22(21)26(2,3)29;1-2-33-18-11-7-16(8-12-18)9-14-23-28-21-13-10-17(15-22(21)29-23)19-5-3-4-6-20(19)30-34(31,32)24(25,26)27;1-2-29-18-11-7-16(8-12-18)9-14-23-25-20-13-10-17(15-21(20)26-23)19-5-3-4-6-22(19)30(24,27)28/h5-10,12-15,17,29H,4,11,16H2,1-3H3,(H,27,28);3-8,10-13,15,30H,2,9,14H2,1H3,(H,28,29);3-8,10-13,15H,2,9,14H2,1H3,(H,25,26)(H2,24,27,28). The lowest BCUT2D eigenvalue weighted by Crippen LogP contribution is -2.30. The van der Waals surface area contributed by atoms with Crippen LogP contribution in [-0.4, -0.2) is 77.2 Å². The quantitative estimate of drug-likeness (QED) is 0.0373. The minimum absolute atomic E-state index is 0.111. The number of H-pyrrole nitrogens is 3. The van der Waals surface area contributed by atoms with Crippen LogP contribution in [0, 0.1) is 0 Å². The van der Waals surface area contributed by atoms with E-state index in [1.54, 1.807) is 53.3 Å². The highest BCUT2D eigenvalue weighted by Crippen LogP contribution is 2.36. The predicted octanol–water partition coefficient (Wildman–Crippen LogP) is 15.4. The number of hydrogen-bond acceptors (Lipinski definition) is 11. The third-order valence-corrected chi connectivity index (χ3v) is 17.5. The summed E-state index contributed by atoms with van der Waals surface area (Å²) in [5, 5.41) is 15.9. The third-order valence-electron chi connectivity index (χ3n) is 15.4. The number of nitrogens with zero attached hydrogens (tertiary/aromatic N) is 3. The maximum atomic E-state index is 12.8. The van der Waals surface area contributed by atoms with Crippen LogP contribution in [0.4, 0.5) is 18.9 Å². The summed E-state index contributed by atoms with van der Waals surface area (Å²) in [5.74, 6) is 5.23. The van der Waals surface area contributed by atoms with E-state index in [0.717, 1.165) is 117 Å². The fourth-order valence-corrected chi connectivity index (χ4v) is 12.2. The van der Waals surface area contributed by atoms with E-state index in [0.29, 0.717) is 54.0 Å². The number of ether oxygens (including phenoxy) is 3. The minimum Gasteiger partial charge on any atom is -0.494 e. The first-order valence-electron chi connectivity index (χ1n) is 30.8. The Morgan fingerprint density at radius 3 is 1.19 bits per heavy atom. The number of alkyl halides is 3. The number of primary sulfonamides is 1. The Balaban J connectivity index is 0.000000154. The van der Waals surface area contributed by atoms with Gasteiger partial charge < -0.3 is 34.3 Å². The van der Waals surface area contributed by atoms with E-state index in [4.69, 9.17) is 24.3 Å². The minimum atomic E-state index is -5.54. The number of nitrogens with one attached hydrogen (secondary N) is 4. The number of anilines is 1. The van der Waals surface area contributed by atoms with Gasteiger partial charge in [-0.25, -0.2) is 28.5 Å². The Kier molecular flexibility index (Phi) is 21.0. The number of aromatic nitrogens is 6. The van der Waals surface area contributed by atoms with Crippen molar-refractivity contribution in [1.29, 1.82) is 0 Å². The van der Waals surface area contributed by atoms with Crippen molar-refractivity contribution in [2.75, 3.05) is 24.5 Å². The molecule has 94 heavy (non-hydrogen) atoms. The molecule has 0 aliphatic rings. The van der Waals surface area contributed by atoms with Crippen LogP contribution in [0.3, 0.4) is 0 Å². The summed E-state index contributed by atoms with van der Waals surface area (Å²) >= 11 is 0. The molecular weight excluding hydrogens is 1240 g/mol. The van der Waals surface area contributed by atoms with Crippen LogP contribution in [-0.2, 0) is 64.2 Å². The number of imidazole rings is 3. The number of rotatable bonds is 22. The number of halogens is 3. The summed E-state index contributed by atoms with van der Waals surface area (Å²) in [6.45, 7) is 11.5. The molecule has 0 radical (unpaired) electrons. The summed E-state index contributed by atoms with van der Waals surface area (Å²) in [6.07, 6.45) is 4.82. The van der Waals surface area contributed by atoms with Gasteiger partial charge in [-0.15, -0.1) is 0 Å². The Morgan fingerprint density at radius 1 is 0.457 bits per heavy atom. The van der Waals surface area contributed by atoms with Crippen LogP contribution in [0.15, 0.2) is 205 Å². The molecule has 16 nitrogen and oxygen atoms in total. The van der Waals surface area contributed by atoms with Crippen LogP contribution in [0.1, 0.15) is 74.3 Å². The molecule has 0 saturated carbocycles. The van der Waals surface area contributed by atoms with Crippen LogP contribution >= 0.6 is 0 Å². The van der Waals surface area contributed by atoms with Crippen molar-refractivity contribution in [3.8, 4) is 50.6 Å². The number of hydrogen-bond donors (Lipinski definition) is 6. The zero-order valence-electron chi connectivity index (χ0n) is 52.6. The second-order valence-electron chi connectivity index (χ2n) is 22.7. The van der Waals surface area contributed by atoms with Gasteiger partial charge >= 0.3 is 15.5 Å². The number of benzene rings is 9. The van der Waals surface area contributed by atoms with E-state index in [2.05, 4.69) is 67.4 Å². The monoisotopic (exact) mass is 1310 g/mol. The molecule has 3 aromatic heterocycles. The Bertz CT molecular complexity index is 4780. The molecule has 12 rings (SSSR count). The summed E-state index contributed by atoms with van der Waals surface area (Å²) in [6, 6.07) is 61.9. The molecule has 0 aliphatic carbocycles. The highest BCUT2D eigenvalue weighted by Gasteiger charge is 2.46. The maximum absolute atomic E-state index is 12.8. The smallest absolute Gasteiger partial charge is 0.494 e. The van der Waals surface area contributed by atoms with Crippen molar-refractivity contribution >= 4 is 58.8 Å². The second-order valence-corrected chi connectivity index (χ2v) is 25.9. The van der Waals surface area contributed by atoms with Gasteiger partial charge in [0, 0.05) is 30.4 Å². The van der Waals surface area contributed by atoms with Gasteiger partial charge in [0.15, 0.2) is 0 Å². The molecule has 0 saturated heterocycles. The molecular formula is C73H73F3N8O8S2. The number of para-hydroxylation sites is 1. The normalized spacial score (nSPS) is 11.9. The van der Waals surface area contributed by atoms with Gasteiger partial charge in [-0.2, -0.15) is 21.6 Å². The number of sulfonamides is 2. The first kappa shape index (κ1) is 67.1. The fraction of sp³-hybridized carbons (Fsp3) is 0.219.